The summed E-state index contributed by atoms with van der Waals surface area (Å²) in [5.41, 5.74) is 0. The van der Waals surface area contributed by atoms with Crippen LogP contribution in [0.2, 0.25) is 0 Å². The molecule has 0 saturated heterocycles. The van der Waals surface area contributed by atoms with Crippen LogP contribution in [0.3, 0.4) is 0 Å². The minimum absolute atomic E-state index is 1.40. The number of rotatable bonds is 1. The highest BCUT2D eigenvalue weighted by molar-refractivity contribution is 14.1. The van der Waals surface area contributed by atoms with E-state index in [-0.39, 0.29) is 0 Å². The molecule has 0 atom stereocenters. The van der Waals surface area contributed by atoms with Gasteiger partial charge in [-0.15, -0.1) is 0 Å². The van der Waals surface area contributed by atoms with E-state index in [9.17, 15) is 0 Å². The molecule has 0 saturated carbocycles. The number of hydrogen-bond acceptors (Lipinski definition) is 3. The molecule has 0 aliphatic rings. The maximum absolute atomic E-state index is 7.71. The molecule has 7 heavy (non-hydrogen) atoms. The van der Waals surface area contributed by atoms with Crippen molar-refractivity contribution in [3.63, 3.8) is 0 Å². The highest BCUT2D eigenvalue weighted by atomic mass is 127. The van der Waals surface area contributed by atoms with Gasteiger partial charge in [0.1, 0.15) is 0 Å². The molecule has 0 radical (unpaired) electrons. The van der Waals surface area contributed by atoms with Crippen LogP contribution >= 0.6 is 22.9 Å². The molecule has 0 aromatic carbocycles. The largest absolute Gasteiger partial charge is 0.404 e. The van der Waals surface area contributed by atoms with E-state index in [2.05, 4.69) is 14.2 Å². The first-order valence-electron chi connectivity index (χ1n) is 1.47. The van der Waals surface area contributed by atoms with Gasteiger partial charge in [-0.25, -0.2) is 3.21 Å². The highest BCUT2D eigenvalue weighted by Gasteiger charge is 1.52. The summed E-state index contributed by atoms with van der Waals surface area (Å²) >= 11 is 1.80. The Bertz CT molecular complexity index is 114. The Balaban J connectivity index is 3.48. The van der Waals surface area contributed by atoms with Gasteiger partial charge in [0.2, 0.25) is 0 Å². The Hall–Kier alpha value is -0.350. The summed E-state index contributed by atoms with van der Waals surface area (Å²) in [4.78, 5) is 0. The highest BCUT2D eigenvalue weighted by Crippen LogP contribution is 1.75. The molecular weight excluding hydrogens is 207 g/mol. The van der Waals surface area contributed by atoms with Crippen molar-refractivity contribution in [2.24, 2.45) is 8.36 Å². The molecule has 0 rings (SSSR count). The molecule has 0 aromatic rings. The molecule has 0 unspecified atom stereocenters. The van der Waals surface area contributed by atoms with Gasteiger partial charge in [-0.05, 0) is 5.16 Å². The summed E-state index contributed by atoms with van der Waals surface area (Å²) in [5, 5.41) is 10.3. The van der Waals surface area contributed by atoms with E-state index in [1.165, 1.54) is 12.3 Å². The third-order valence-corrected chi connectivity index (χ3v) is 0.585. The standard InChI is InChI=1S/C3H3IN2O/c4-5-2-1-3-6-7/h1-2,7H/b5-2-. The summed E-state index contributed by atoms with van der Waals surface area (Å²) < 4.78 is 3.53. The second kappa shape index (κ2) is 5.65. The van der Waals surface area contributed by atoms with E-state index in [0.29, 0.717) is 0 Å². The summed E-state index contributed by atoms with van der Waals surface area (Å²) in [6.45, 7) is 0. The molecule has 0 aliphatic carbocycles. The number of allylic oxidation sites excluding steroid dienone is 1. The van der Waals surface area contributed by atoms with Crippen molar-refractivity contribution in [1.82, 2.24) is 0 Å². The fourth-order valence-corrected chi connectivity index (χ4v) is 0.256. The van der Waals surface area contributed by atoms with Crippen LogP contribution in [0.1, 0.15) is 0 Å². The SMILES string of the molecule is ON=C=C/C=N\I. The van der Waals surface area contributed by atoms with E-state index in [1.54, 1.807) is 22.9 Å². The number of hydrogen-bond donors (Lipinski definition) is 1. The first-order valence-corrected chi connectivity index (χ1v) is 2.44. The molecule has 0 fully saturated rings. The molecule has 0 bridgehead atoms. The predicted octanol–water partition coefficient (Wildman–Crippen LogP) is 1.02. The van der Waals surface area contributed by atoms with Crippen molar-refractivity contribution in [1.29, 1.82) is 0 Å². The van der Waals surface area contributed by atoms with Crippen molar-refractivity contribution < 1.29 is 5.21 Å². The maximum Gasteiger partial charge on any atom is 0.0831 e. The summed E-state index contributed by atoms with van der Waals surface area (Å²) in [7, 11) is 0. The molecule has 0 spiro atoms. The van der Waals surface area contributed by atoms with Crippen molar-refractivity contribution >= 4 is 34.9 Å². The lowest BCUT2D eigenvalue weighted by atomic mass is 10.7. The molecule has 4 heteroatoms. The van der Waals surface area contributed by atoms with E-state index >= 15 is 0 Å². The van der Waals surface area contributed by atoms with Gasteiger partial charge < -0.3 is 5.21 Å². The lowest BCUT2D eigenvalue weighted by Gasteiger charge is -1.58. The monoisotopic (exact) mass is 210 g/mol. The van der Waals surface area contributed by atoms with Gasteiger partial charge in [0.25, 0.3) is 0 Å². The van der Waals surface area contributed by atoms with Gasteiger partial charge >= 0.3 is 0 Å². The van der Waals surface area contributed by atoms with Gasteiger partial charge in [-0.1, -0.05) is 0 Å². The zero-order valence-electron chi connectivity index (χ0n) is 3.37. The zero-order chi connectivity index (χ0) is 5.54. The van der Waals surface area contributed by atoms with E-state index < -0.39 is 0 Å². The van der Waals surface area contributed by atoms with E-state index in [1.807, 2.05) is 0 Å². The quantitative estimate of drug-likeness (QED) is 0.298. The van der Waals surface area contributed by atoms with Gasteiger partial charge in [0.05, 0.1) is 22.9 Å². The van der Waals surface area contributed by atoms with Crippen LogP contribution < -0.4 is 0 Å². The topological polar surface area (TPSA) is 45.0 Å². The second-order valence-electron chi connectivity index (χ2n) is 0.642. The fraction of sp³-hybridized carbons (Fsp3) is 0. The van der Waals surface area contributed by atoms with Crippen LogP contribution in [0.5, 0.6) is 0 Å². The summed E-state index contributed by atoms with van der Waals surface area (Å²) in [6.07, 6.45) is 2.85. The zero-order valence-corrected chi connectivity index (χ0v) is 5.53. The first-order chi connectivity index (χ1) is 3.41. The van der Waals surface area contributed by atoms with Crippen LogP contribution in [-0.2, 0) is 0 Å². The molecule has 38 valence electrons. The third-order valence-electron chi connectivity index (χ3n) is 0.263. The maximum atomic E-state index is 7.71. The molecule has 0 amide bonds. The minimum Gasteiger partial charge on any atom is -0.404 e. The van der Waals surface area contributed by atoms with Crippen LogP contribution in [0.25, 0.3) is 0 Å². The molecule has 0 aliphatic heterocycles. The predicted molar refractivity (Wildman–Crippen MR) is 36.3 cm³/mol. The third kappa shape index (κ3) is 5.65. The smallest absolute Gasteiger partial charge is 0.0831 e. The number of nitrogens with zero attached hydrogens (tertiary/aromatic N) is 2. The summed E-state index contributed by atoms with van der Waals surface area (Å²) in [5.74, 6) is 2.15. The van der Waals surface area contributed by atoms with Gasteiger partial charge in [-0.3, -0.25) is 0 Å². The van der Waals surface area contributed by atoms with Crippen molar-refractivity contribution in [3.05, 3.63) is 6.08 Å². The fourth-order valence-electron chi connectivity index (χ4n) is 0.0948. The van der Waals surface area contributed by atoms with Gasteiger partial charge in [0, 0.05) is 18.2 Å². The van der Waals surface area contributed by atoms with Crippen molar-refractivity contribution in [2.75, 3.05) is 0 Å². The Morgan fingerprint density at radius 3 is 2.86 bits per heavy atom. The Morgan fingerprint density at radius 2 is 2.43 bits per heavy atom. The lowest BCUT2D eigenvalue weighted by molar-refractivity contribution is 0.323. The van der Waals surface area contributed by atoms with Crippen LogP contribution in [0.4, 0.5) is 0 Å². The Labute approximate surface area is 54.9 Å². The molecule has 0 aromatic heterocycles. The number of halogens is 1. The average Bonchev–Trinajstić information content (AvgIpc) is 1.69. The Morgan fingerprint density at radius 1 is 1.71 bits per heavy atom. The summed E-state index contributed by atoms with van der Waals surface area (Å²) in [6, 6.07) is 0. The normalized spacial score (nSPS) is 8.14. The molecule has 3 nitrogen and oxygen atoms in total. The molecule has 0 heterocycles. The van der Waals surface area contributed by atoms with Crippen LogP contribution in [-0.4, -0.2) is 17.3 Å². The van der Waals surface area contributed by atoms with Crippen LogP contribution in [0, 0.1) is 0 Å². The second-order valence-corrected chi connectivity index (χ2v) is 1.20. The Kier molecular flexibility index (Phi) is 5.37. The average molecular weight is 210 g/mol. The van der Waals surface area contributed by atoms with Crippen molar-refractivity contribution in [3.8, 4) is 0 Å². The van der Waals surface area contributed by atoms with Gasteiger partial charge in [0.15, 0.2) is 0 Å². The molecule has 1 N–H and O–H groups in total. The lowest BCUT2D eigenvalue weighted by Crippen LogP contribution is -1.57. The van der Waals surface area contributed by atoms with Gasteiger partial charge in [-0.2, -0.15) is 0 Å². The minimum atomic E-state index is 1.40. The van der Waals surface area contributed by atoms with E-state index in [0.717, 1.165) is 0 Å². The van der Waals surface area contributed by atoms with Crippen LogP contribution in [0.15, 0.2) is 14.4 Å². The molecular formula is C3H3IN2O. The van der Waals surface area contributed by atoms with E-state index in [4.69, 9.17) is 5.21 Å². The first kappa shape index (κ1) is 6.65. The van der Waals surface area contributed by atoms with Crippen molar-refractivity contribution in [2.45, 2.75) is 0 Å².